The monoisotopic (exact) mass is 344 g/mol. The molecule has 1 unspecified atom stereocenters. The molecule has 2 aromatic rings. The van der Waals surface area contributed by atoms with Crippen LogP contribution < -0.4 is 20.1 Å². The fraction of sp³-hybridized carbons (Fsp3) is 0.316. The number of methoxy groups -OCH3 is 2. The number of hydrogen-bond donors (Lipinski definition) is 2. The van der Waals surface area contributed by atoms with Gasteiger partial charge in [0.25, 0.3) is 0 Å². The Morgan fingerprint density at radius 2 is 1.75 bits per heavy atom. The van der Waals surface area contributed by atoms with Crippen molar-refractivity contribution >= 4 is 23.0 Å². The van der Waals surface area contributed by atoms with E-state index in [9.17, 15) is 0 Å². The third kappa shape index (κ3) is 4.38. The maximum absolute atomic E-state index is 5.43. The average Bonchev–Trinajstić information content (AvgIpc) is 2.57. The van der Waals surface area contributed by atoms with Crippen LogP contribution in [0.4, 0.5) is 5.69 Å². The molecule has 0 radical (unpaired) electrons. The molecule has 0 heterocycles. The third-order valence-electron chi connectivity index (χ3n) is 4.04. The van der Waals surface area contributed by atoms with E-state index in [1.54, 1.807) is 14.2 Å². The van der Waals surface area contributed by atoms with Gasteiger partial charge >= 0.3 is 0 Å². The fourth-order valence-corrected chi connectivity index (χ4v) is 2.66. The van der Waals surface area contributed by atoms with Gasteiger partial charge in [-0.1, -0.05) is 18.2 Å². The molecule has 4 nitrogen and oxygen atoms in total. The number of ether oxygens (including phenoxy) is 2. The summed E-state index contributed by atoms with van der Waals surface area (Å²) in [6.45, 7) is 6.31. The van der Waals surface area contributed by atoms with Gasteiger partial charge in [0, 0.05) is 6.07 Å². The van der Waals surface area contributed by atoms with Crippen LogP contribution in [-0.4, -0.2) is 19.3 Å². The molecular weight excluding hydrogens is 320 g/mol. The lowest BCUT2D eigenvalue weighted by Gasteiger charge is -2.19. The van der Waals surface area contributed by atoms with Crippen molar-refractivity contribution in [1.82, 2.24) is 5.32 Å². The van der Waals surface area contributed by atoms with Crippen molar-refractivity contribution in [3.05, 3.63) is 53.1 Å². The van der Waals surface area contributed by atoms with Gasteiger partial charge in [0.05, 0.1) is 25.9 Å². The first-order chi connectivity index (χ1) is 11.4. The molecule has 0 fully saturated rings. The Hall–Kier alpha value is -2.27. The number of thiocarbonyl (C=S) groups is 1. The van der Waals surface area contributed by atoms with E-state index in [1.165, 1.54) is 16.7 Å². The van der Waals surface area contributed by atoms with Gasteiger partial charge in [0.1, 0.15) is 11.5 Å². The summed E-state index contributed by atoms with van der Waals surface area (Å²) >= 11 is 5.43. The first-order valence-electron chi connectivity index (χ1n) is 7.81. The summed E-state index contributed by atoms with van der Waals surface area (Å²) in [5.74, 6) is 1.41. The van der Waals surface area contributed by atoms with Gasteiger partial charge in [-0.3, -0.25) is 0 Å². The maximum atomic E-state index is 5.43. The zero-order valence-electron chi connectivity index (χ0n) is 14.8. The third-order valence-corrected chi connectivity index (χ3v) is 4.26. The minimum absolute atomic E-state index is 0.105. The first-order valence-corrected chi connectivity index (χ1v) is 8.22. The van der Waals surface area contributed by atoms with E-state index in [0.29, 0.717) is 10.9 Å². The number of hydrogen-bond acceptors (Lipinski definition) is 3. The van der Waals surface area contributed by atoms with Crippen molar-refractivity contribution in [2.75, 3.05) is 19.5 Å². The summed E-state index contributed by atoms with van der Waals surface area (Å²) in [5, 5.41) is 7.03. The minimum Gasteiger partial charge on any atom is -0.497 e. The van der Waals surface area contributed by atoms with E-state index in [1.807, 2.05) is 18.2 Å². The summed E-state index contributed by atoms with van der Waals surface area (Å²) in [4.78, 5) is 0. The molecule has 0 bridgehead atoms. The van der Waals surface area contributed by atoms with Crippen molar-refractivity contribution in [2.45, 2.75) is 26.8 Å². The molecule has 128 valence electrons. The van der Waals surface area contributed by atoms with Gasteiger partial charge in [-0.15, -0.1) is 0 Å². The van der Waals surface area contributed by atoms with E-state index in [2.05, 4.69) is 49.6 Å². The lowest BCUT2D eigenvalue weighted by atomic mass is 10.0. The molecule has 2 aromatic carbocycles. The van der Waals surface area contributed by atoms with Crippen LogP contribution in [0.5, 0.6) is 11.5 Å². The van der Waals surface area contributed by atoms with Crippen LogP contribution in [0.1, 0.15) is 29.7 Å². The Morgan fingerprint density at radius 3 is 2.38 bits per heavy atom. The Balaban J connectivity index is 2.06. The number of nitrogens with one attached hydrogen (secondary N) is 2. The van der Waals surface area contributed by atoms with Crippen LogP contribution >= 0.6 is 12.2 Å². The molecule has 0 spiro atoms. The number of aryl methyl sites for hydroxylation is 2. The van der Waals surface area contributed by atoms with E-state index >= 15 is 0 Å². The van der Waals surface area contributed by atoms with Gasteiger partial charge in [-0.2, -0.15) is 0 Å². The van der Waals surface area contributed by atoms with Crippen LogP contribution in [0.25, 0.3) is 0 Å². The average molecular weight is 344 g/mol. The molecule has 0 aliphatic heterocycles. The number of rotatable bonds is 5. The van der Waals surface area contributed by atoms with Gasteiger partial charge in [0.2, 0.25) is 0 Å². The van der Waals surface area contributed by atoms with Crippen molar-refractivity contribution in [3.63, 3.8) is 0 Å². The Labute approximate surface area is 149 Å². The van der Waals surface area contributed by atoms with Crippen LogP contribution in [0.3, 0.4) is 0 Å². The fourth-order valence-electron chi connectivity index (χ4n) is 2.37. The second-order valence-electron chi connectivity index (χ2n) is 5.73. The molecule has 0 aliphatic carbocycles. The second-order valence-corrected chi connectivity index (χ2v) is 6.14. The Kier molecular flexibility index (Phi) is 6.04. The van der Waals surface area contributed by atoms with Crippen LogP contribution in [0, 0.1) is 13.8 Å². The molecule has 0 amide bonds. The molecule has 0 saturated carbocycles. The van der Waals surface area contributed by atoms with E-state index in [0.717, 1.165) is 11.4 Å². The molecule has 0 aliphatic rings. The highest BCUT2D eigenvalue weighted by Crippen LogP contribution is 2.29. The quantitative estimate of drug-likeness (QED) is 0.789. The van der Waals surface area contributed by atoms with Crippen molar-refractivity contribution in [3.8, 4) is 11.5 Å². The summed E-state index contributed by atoms with van der Waals surface area (Å²) < 4.78 is 10.6. The standard InChI is InChI=1S/C19H24N2O2S/c1-12-6-7-15(10-13(12)2)14(3)20-19(24)21-17-9-8-16(22-4)11-18(17)23-5/h6-11,14H,1-5H3,(H2,20,21,24). The van der Waals surface area contributed by atoms with Gasteiger partial charge in [0.15, 0.2) is 5.11 Å². The highest BCUT2D eigenvalue weighted by atomic mass is 32.1. The summed E-state index contributed by atoms with van der Waals surface area (Å²) in [6.07, 6.45) is 0. The van der Waals surface area contributed by atoms with Crippen LogP contribution in [-0.2, 0) is 0 Å². The molecular formula is C19H24N2O2S. The van der Waals surface area contributed by atoms with E-state index in [4.69, 9.17) is 21.7 Å². The second kappa shape index (κ2) is 8.02. The zero-order chi connectivity index (χ0) is 17.7. The van der Waals surface area contributed by atoms with Gasteiger partial charge in [-0.25, -0.2) is 0 Å². The van der Waals surface area contributed by atoms with Crippen LogP contribution in [0.2, 0.25) is 0 Å². The van der Waals surface area contributed by atoms with Crippen molar-refractivity contribution in [1.29, 1.82) is 0 Å². The SMILES string of the molecule is COc1ccc(NC(=S)NC(C)c2ccc(C)c(C)c2)c(OC)c1. The smallest absolute Gasteiger partial charge is 0.171 e. The molecule has 2 rings (SSSR count). The highest BCUT2D eigenvalue weighted by molar-refractivity contribution is 7.80. The Morgan fingerprint density at radius 1 is 1.00 bits per heavy atom. The summed E-state index contributed by atoms with van der Waals surface area (Å²) in [6, 6.07) is 12.1. The molecule has 0 aromatic heterocycles. The molecule has 1 atom stereocenters. The van der Waals surface area contributed by atoms with E-state index in [-0.39, 0.29) is 6.04 Å². The summed E-state index contributed by atoms with van der Waals surface area (Å²) in [7, 11) is 3.24. The summed E-state index contributed by atoms with van der Waals surface area (Å²) in [5.41, 5.74) is 4.55. The Bertz CT molecular complexity index is 731. The predicted molar refractivity (Wildman–Crippen MR) is 103 cm³/mol. The molecule has 24 heavy (non-hydrogen) atoms. The molecule has 0 saturated heterocycles. The van der Waals surface area contributed by atoms with Crippen molar-refractivity contribution < 1.29 is 9.47 Å². The minimum atomic E-state index is 0.105. The molecule has 2 N–H and O–H groups in total. The number of benzene rings is 2. The van der Waals surface area contributed by atoms with E-state index < -0.39 is 0 Å². The predicted octanol–water partition coefficient (Wildman–Crippen LogP) is 4.37. The lowest BCUT2D eigenvalue weighted by Crippen LogP contribution is -2.31. The highest BCUT2D eigenvalue weighted by Gasteiger charge is 2.10. The van der Waals surface area contributed by atoms with Gasteiger partial charge in [-0.05, 0) is 61.8 Å². The van der Waals surface area contributed by atoms with Gasteiger partial charge < -0.3 is 20.1 Å². The maximum Gasteiger partial charge on any atom is 0.171 e. The lowest BCUT2D eigenvalue weighted by molar-refractivity contribution is 0.395. The van der Waals surface area contributed by atoms with Crippen molar-refractivity contribution in [2.24, 2.45) is 0 Å². The van der Waals surface area contributed by atoms with Crippen LogP contribution in [0.15, 0.2) is 36.4 Å². The molecule has 5 heteroatoms. The largest absolute Gasteiger partial charge is 0.497 e. The first kappa shape index (κ1) is 18.1. The number of anilines is 1. The zero-order valence-corrected chi connectivity index (χ0v) is 15.6. The normalized spacial score (nSPS) is 11.5. The topological polar surface area (TPSA) is 42.5 Å².